The quantitative estimate of drug-likeness (QED) is 0.883. The van der Waals surface area contributed by atoms with Crippen molar-refractivity contribution in [2.75, 3.05) is 6.54 Å². The van der Waals surface area contributed by atoms with E-state index in [1.165, 1.54) is 31.4 Å². The van der Waals surface area contributed by atoms with Gasteiger partial charge in [-0.2, -0.15) is 0 Å². The maximum absolute atomic E-state index is 13.2. The van der Waals surface area contributed by atoms with Crippen LogP contribution in [0, 0.1) is 29.5 Å². The molecular formula is C19H26ClFN2O. The molecule has 3 nitrogen and oxygen atoms in total. The molecule has 0 aliphatic heterocycles. The number of nitrogens with two attached hydrogens (primary N) is 1. The van der Waals surface area contributed by atoms with Crippen molar-refractivity contribution in [2.45, 2.75) is 44.7 Å². The van der Waals surface area contributed by atoms with Gasteiger partial charge in [-0.3, -0.25) is 4.79 Å². The summed E-state index contributed by atoms with van der Waals surface area (Å²) in [5, 5.41) is 0. The van der Waals surface area contributed by atoms with Crippen molar-refractivity contribution in [3.63, 3.8) is 0 Å². The molecule has 3 saturated carbocycles. The first-order valence-corrected chi connectivity index (χ1v) is 8.90. The number of benzene rings is 1. The molecule has 132 valence electrons. The van der Waals surface area contributed by atoms with Crippen LogP contribution in [0.3, 0.4) is 0 Å². The highest BCUT2D eigenvalue weighted by atomic mass is 35.5. The van der Waals surface area contributed by atoms with E-state index in [1.54, 1.807) is 12.1 Å². The zero-order valence-electron chi connectivity index (χ0n) is 13.9. The van der Waals surface area contributed by atoms with Crippen molar-refractivity contribution in [1.82, 2.24) is 4.90 Å². The fourth-order valence-corrected chi connectivity index (χ4v) is 4.57. The second-order valence-corrected chi connectivity index (χ2v) is 7.72. The number of hydrogen-bond acceptors (Lipinski definition) is 2. The van der Waals surface area contributed by atoms with Gasteiger partial charge in [0.05, 0.1) is 5.92 Å². The summed E-state index contributed by atoms with van der Waals surface area (Å²) in [6, 6.07) is 6.54. The molecule has 1 amide bonds. The van der Waals surface area contributed by atoms with Gasteiger partial charge in [0, 0.05) is 19.1 Å². The summed E-state index contributed by atoms with van der Waals surface area (Å²) in [7, 11) is 0. The van der Waals surface area contributed by atoms with Gasteiger partial charge in [-0.05, 0) is 67.6 Å². The van der Waals surface area contributed by atoms with E-state index < -0.39 is 0 Å². The minimum atomic E-state index is -0.232. The molecule has 2 bridgehead atoms. The molecule has 4 rings (SSSR count). The normalized spacial score (nSPS) is 30.9. The Labute approximate surface area is 149 Å². The van der Waals surface area contributed by atoms with Crippen LogP contribution in [0.25, 0.3) is 0 Å². The Morgan fingerprint density at radius 2 is 1.79 bits per heavy atom. The van der Waals surface area contributed by atoms with Crippen LogP contribution in [0.1, 0.15) is 37.7 Å². The second kappa shape index (κ2) is 7.01. The largest absolute Gasteiger partial charge is 0.338 e. The standard InChI is InChI=1S/C19H25FN2O.ClH/c20-16-7-3-13(4-8-16)11-22(10-12-1-2-12)19(23)17-14-5-6-15(9-14)18(17)21;/h3-4,7-8,12,14-15,17-18H,1-2,5-6,9-11,21H2;1H. The predicted octanol–water partition coefficient (Wildman–Crippen LogP) is 3.36. The molecular weight excluding hydrogens is 327 g/mol. The van der Waals surface area contributed by atoms with E-state index in [-0.39, 0.29) is 36.1 Å². The summed E-state index contributed by atoms with van der Waals surface area (Å²) in [4.78, 5) is 15.1. The molecule has 1 aromatic rings. The highest BCUT2D eigenvalue weighted by molar-refractivity contribution is 5.85. The van der Waals surface area contributed by atoms with Crippen molar-refractivity contribution in [2.24, 2.45) is 29.4 Å². The second-order valence-electron chi connectivity index (χ2n) is 7.72. The Hall–Kier alpha value is -1.13. The number of nitrogens with zero attached hydrogens (tertiary/aromatic N) is 1. The van der Waals surface area contributed by atoms with Gasteiger partial charge in [0.25, 0.3) is 0 Å². The van der Waals surface area contributed by atoms with Gasteiger partial charge in [0.1, 0.15) is 5.82 Å². The predicted molar refractivity (Wildman–Crippen MR) is 94.1 cm³/mol. The van der Waals surface area contributed by atoms with Crippen LogP contribution in [0.2, 0.25) is 0 Å². The van der Waals surface area contributed by atoms with Crippen molar-refractivity contribution in [1.29, 1.82) is 0 Å². The first-order valence-electron chi connectivity index (χ1n) is 8.90. The van der Waals surface area contributed by atoms with Crippen LogP contribution in [-0.2, 0) is 11.3 Å². The SMILES string of the molecule is Cl.NC1C2CCC(C2)C1C(=O)N(Cc1ccc(F)cc1)CC1CC1. The van der Waals surface area contributed by atoms with Crippen molar-refractivity contribution in [3.05, 3.63) is 35.6 Å². The molecule has 0 aromatic heterocycles. The minimum Gasteiger partial charge on any atom is -0.338 e. The van der Waals surface area contributed by atoms with Crippen LogP contribution >= 0.6 is 12.4 Å². The minimum absolute atomic E-state index is 0. The summed E-state index contributed by atoms with van der Waals surface area (Å²) in [6.45, 7) is 1.41. The number of carbonyl (C=O) groups excluding carboxylic acids is 1. The van der Waals surface area contributed by atoms with Crippen LogP contribution in [0.4, 0.5) is 4.39 Å². The molecule has 0 saturated heterocycles. The lowest BCUT2D eigenvalue weighted by Crippen LogP contribution is -2.47. The van der Waals surface area contributed by atoms with E-state index in [9.17, 15) is 9.18 Å². The molecule has 4 unspecified atom stereocenters. The van der Waals surface area contributed by atoms with Gasteiger partial charge in [-0.15, -0.1) is 12.4 Å². The van der Waals surface area contributed by atoms with Crippen LogP contribution in [0.5, 0.6) is 0 Å². The van der Waals surface area contributed by atoms with Crippen molar-refractivity contribution < 1.29 is 9.18 Å². The topological polar surface area (TPSA) is 46.3 Å². The molecule has 5 heteroatoms. The molecule has 4 atom stereocenters. The number of halogens is 2. The lowest BCUT2D eigenvalue weighted by molar-refractivity contribution is -0.138. The number of fused-ring (bicyclic) bond motifs is 2. The third-order valence-electron chi connectivity index (χ3n) is 6.04. The van der Waals surface area contributed by atoms with E-state index in [0.29, 0.717) is 24.3 Å². The number of hydrogen-bond donors (Lipinski definition) is 1. The molecule has 0 spiro atoms. The van der Waals surface area contributed by atoms with E-state index in [1.807, 2.05) is 4.90 Å². The molecule has 3 aliphatic rings. The first-order chi connectivity index (χ1) is 11.1. The monoisotopic (exact) mass is 352 g/mol. The smallest absolute Gasteiger partial charge is 0.227 e. The highest BCUT2D eigenvalue weighted by Gasteiger charge is 2.50. The molecule has 0 heterocycles. The van der Waals surface area contributed by atoms with Gasteiger partial charge < -0.3 is 10.6 Å². The van der Waals surface area contributed by atoms with Gasteiger partial charge in [-0.1, -0.05) is 12.1 Å². The maximum Gasteiger partial charge on any atom is 0.227 e. The van der Waals surface area contributed by atoms with E-state index in [4.69, 9.17) is 5.73 Å². The molecule has 0 radical (unpaired) electrons. The first kappa shape index (κ1) is 17.7. The Morgan fingerprint density at radius 1 is 1.12 bits per heavy atom. The fraction of sp³-hybridized carbons (Fsp3) is 0.632. The Morgan fingerprint density at radius 3 is 2.38 bits per heavy atom. The third kappa shape index (κ3) is 3.45. The van der Waals surface area contributed by atoms with Gasteiger partial charge >= 0.3 is 0 Å². The fourth-order valence-electron chi connectivity index (χ4n) is 4.57. The Bertz CT molecular complexity index is 588. The van der Waals surface area contributed by atoms with Crippen molar-refractivity contribution in [3.8, 4) is 0 Å². The van der Waals surface area contributed by atoms with Crippen LogP contribution < -0.4 is 5.73 Å². The number of rotatable bonds is 5. The van der Waals surface area contributed by atoms with E-state index in [2.05, 4.69) is 0 Å². The summed E-state index contributed by atoms with van der Waals surface area (Å²) < 4.78 is 13.1. The van der Waals surface area contributed by atoms with E-state index >= 15 is 0 Å². The molecule has 3 aliphatic carbocycles. The Kier molecular flexibility index (Phi) is 5.16. The summed E-state index contributed by atoms with van der Waals surface area (Å²) in [6.07, 6.45) is 5.91. The Balaban J connectivity index is 0.00000169. The van der Waals surface area contributed by atoms with Gasteiger partial charge in [0.2, 0.25) is 5.91 Å². The van der Waals surface area contributed by atoms with Gasteiger partial charge in [0.15, 0.2) is 0 Å². The highest BCUT2D eigenvalue weighted by Crippen LogP contribution is 2.48. The number of carbonyl (C=O) groups is 1. The maximum atomic E-state index is 13.2. The van der Waals surface area contributed by atoms with Crippen LogP contribution in [-0.4, -0.2) is 23.4 Å². The number of amides is 1. The van der Waals surface area contributed by atoms with E-state index in [0.717, 1.165) is 24.9 Å². The molecule has 2 N–H and O–H groups in total. The van der Waals surface area contributed by atoms with Crippen LogP contribution in [0.15, 0.2) is 24.3 Å². The molecule has 24 heavy (non-hydrogen) atoms. The average Bonchev–Trinajstić information content (AvgIpc) is 3.14. The average molecular weight is 353 g/mol. The zero-order valence-corrected chi connectivity index (χ0v) is 14.7. The lowest BCUT2D eigenvalue weighted by Gasteiger charge is -2.33. The summed E-state index contributed by atoms with van der Waals surface area (Å²) in [5.74, 6) is 1.69. The summed E-state index contributed by atoms with van der Waals surface area (Å²) >= 11 is 0. The lowest BCUT2D eigenvalue weighted by atomic mass is 9.84. The zero-order chi connectivity index (χ0) is 16.0. The third-order valence-corrected chi connectivity index (χ3v) is 6.04. The molecule has 3 fully saturated rings. The molecule has 1 aromatic carbocycles. The van der Waals surface area contributed by atoms with Crippen molar-refractivity contribution >= 4 is 18.3 Å². The van der Waals surface area contributed by atoms with Gasteiger partial charge in [-0.25, -0.2) is 4.39 Å². The summed E-state index contributed by atoms with van der Waals surface area (Å²) in [5.41, 5.74) is 7.36.